The normalized spacial score (nSPS) is 35.2. The van der Waals surface area contributed by atoms with E-state index in [1.165, 1.54) is 12.8 Å². The maximum Gasteiger partial charge on any atom is 0.184 e. The maximum atomic E-state index is 10.7. The molecule has 2 rings (SSSR count). The van der Waals surface area contributed by atoms with Gasteiger partial charge in [-0.05, 0) is 26.8 Å². The Hall–Kier alpha value is -0.280. The number of nitrogens with one attached hydrogen (secondary N) is 1. The van der Waals surface area contributed by atoms with Gasteiger partial charge in [0, 0.05) is 0 Å². The molecule has 0 saturated carbocycles. The minimum atomic E-state index is -1.67. The summed E-state index contributed by atoms with van der Waals surface area (Å²) in [5.41, 5.74) is -1.67. The smallest absolute Gasteiger partial charge is 0.184 e. The van der Waals surface area contributed by atoms with E-state index in [2.05, 4.69) is 12.2 Å². The number of rotatable bonds is 9. The predicted molar refractivity (Wildman–Crippen MR) is 83.5 cm³/mol. The summed E-state index contributed by atoms with van der Waals surface area (Å²) in [6.45, 7) is 5.67. The van der Waals surface area contributed by atoms with E-state index in [1.807, 2.05) is 0 Å². The van der Waals surface area contributed by atoms with E-state index >= 15 is 0 Å². The zero-order valence-corrected chi connectivity index (χ0v) is 14.3. The SMILES string of the molecule is CCCCCCCN[C@](O)(CO)[C@H]1O[C@H](O)[C@H]2OC(C)(C)O[C@H]21. The molecule has 2 heterocycles. The van der Waals surface area contributed by atoms with Gasteiger partial charge in [0.25, 0.3) is 0 Å². The van der Waals surface area contributed by atoms with Crippen molar-refractivity contribution in [3.05, 3.63) is 0 Å². The molecule has 0 radical (unpaired) electrons. The molecule has 7 heteroatoms. The van der Waals surface area contributed by atoms with Crippen molar-refractivity contribution >= 4 is 0 Å². The lowest BCUT2D eigenvalue weighted by atomic mass is 10.00. The van der Waals surface area contributed by atoms with E-state index in [1.54, 1.807) is 13.8 Å². The van der Waals surface area contributed by atoms with Gasteiger partial charge in [-0.1, -0.05) is 32.6 Å². The summed E-state index contributed by atoms with van der Waals surface area (Å²) in [6, 6.07) is 0. The number of aliphatic hydroxyl groups excluding tert-OH is 2. The molecule has 0 amide bonds. The van der Waals surface area contributed by atoms with Crippen LogP contribution in [0.1, 0.15) is 52.9 Å². The van der Waals surface area contributed by atoms with Gasteiger partial charge in [-0.25, -0.2) is 0 Å². The first-order valence-electron chi connectivity index (χ1n) is 8.60. The lowest BCUT2D eigenvalue weighted by Gasteiger charge is -2.35. The van der Waals surface area contributed by atoms with Crippen LogP contribution < -0.4 is 5.32 Å². The van der Waals surface area contributed by atoms with Crippen molar-refractivity contribution in [3.8, 4) is 0 Å². The fourth-order valence-corrected chi connectivity index (χ4v) is 3.24. The average Bonchev–Trinajstić information content (AvgIpc) is 2.97. The molecule has 0 aromatic rings. The van der Waals surface area contributed by atoms with Crippen LogP contribution in [-0.4, -0.2) is 64.6 Å². The molecule has 0 aromatic carbocycles. The molecular formula is C16H31NO6. The summed E-state index contributed by atoms with van der Waals surface area (Å²) in [4.78, 5) is 0. The van der Waals surface area contributed by atoms with Crippen LogP contribution in [0.5, 0.6) is 0 Å². The van der Waals surface area contributed by atoms with Gasteiger partial charge in [-0.15, -0.1) is 0 Å². The van der Waals surface area contributed by atoms with Crippen LogP contribution in [0.15, 0.2) is 0 Å². The van der Waals surface area contributed by atoms with Gasteiger partial charge in [-0.3, -0.25) is 5.32 Å². The number of hydrogen-bond acceptors (Lipinski definition) is 7. The van der Waals surface area contributed by atoms with Crippen LogP contribution in [0.4, 0.5) is 0 Å². The molecule has 0 unspecified atom stereocenters. The van der Waals surface area contributed by atoms with Gasteiger partial charge < -0.3 is 29.5 Å². The minimum Gasteiger partial charge on any atom is -0.392 e. The summed E-state index contributed by atoms with van der Waals surface area (Å²) in [6.07, 6.45) is 2.11. The third-order valence-corrected chi connectivity index (χ3v) is 4.45. The molecule has 0 aromatic heterocycles. The molecule has 136 valence electrons. The van der Waals surface area contributed by atoms with E-state index in [9.17, 15) is 15.3 Å². The Morgan fingerprint density at radius 3 is 2.39 bits per heavy atom. The zero-order chi connectivity index (χ0) is 17.1. The Bertz CT molecular complexity index is 380. The van der Waals surface area contributed by atoms with Crippen LogP contribution in [0.25, 0.3) is 0 Å². The van der Waals surface area contributed by atoms with Gasteiger partial charge in [-0.2, -0.15) is 0 Å². The van der Waals surface area contributed by atoms with Crippen molar-refractivity contribution in [2.45, 2.75) is 89.0 Å². The second-order valence-electron chi connectivity index (χ2n) is 6.94. The second-order valence-corrected chi connectivity index (χ2v) is 6.94. The summed E-state index contributed by atoms with van der Waals surface area (Å²) >= 11 is 0. The molecule has 0 aliphatic carbocycles. The van der Waals surface area contributed by atoms with Crippen molar-refractivity contribution < 1.29 is 29.5 Å². The predicted octanol–water partition coefficient (Wildman–Crippen LogP) is 0.465. The lowest BCUT2D eigenvalue weighted by Crippen LogP contribution is -2.61. The standard InChI is InChI=1S/C16H31NO6/c1-4-5-6-7-8-9-17-16(20,10-18)13-11-12(14(19)21-13)23-15(2,3)22-11/h11-14,17-20H,4-10H2,1-3H3/t11-,12+,13+,14+,16+/m1/s1. The fraction of sp³-hybridized carbons (Fsp3) is 1.00. The lowest BCUT2D eigenvalue weighted by molar-refractivity contribution is -0.252. The van der Waals surface area contributed by atoms with Crippen LogP contribution in [0.3, 0.4) is 0 Å². The Morgan fingerprint density at radius 1 is 1.09 bits per heavy atom. The van der Waals surface area contributed by atoms with Crippen molar-refractivity contribution in [1.82, 2.24) is 5.32 Å². The Labute approximate surface area is 137 Å². The molecule has 7 nitrogen and oxygen atoms in total. The summed E-state index contributed by atoms with van der Waals surface area (Å²) in [7, 11) is 0. The quantitative estimate of drug-likeness (QED) is 0.359. The highest BCUT2D eigenvalue weighted by molar-refractivity contribution is 5.02. The minimum absolute atomic E-state index is 0.535. The van der Waals surface area contributed by atoms with Gasteiger partial charge in [0.2, 0.25) is 0 Å². The molecule has 5 atom stereocenters. The Balaban J connectivity index is 1.91. The number of fused-ring (bicyclic) bond motifs is 1. The van der Waals surface area contributed by atoms with E-state index in [0.29, 0.717) is 6.54 Å². The molecule has 4 N–H and O–H groups in total. The number of aliphatic hydroxyl groups is 3. The van der Waals surface area contributed by atoms with Crippen LogP contribution >= 0.6 is 0 Å². The molecule has 23 heavy (non-hydrogen) atoms. The first-order chi connectivity index (χ1) is 10.8. The van der Waals surface area contributed by atoms with Gasteiger partial charge >= 0.3 is 0 Å². The van der Waals surface area contributed by atoms with Crippen LogP contribution in [0, 0.1) is 0 Å². The Kier molecular flexibility index (Phi) is 6.41. The highest BCUT2D eigenvalue weighted by atomic mass is 16.8. The number of hydrogen-bond donors (Lipinski definition) is 4. The van der Waals surface area contributed by atoms with Crippen LogP contribution in [0.2, 0.25) is 0 Å². The molecule has 2 fully saturated rings. The summed E-state index contributed by atoms with van der Waals surface area (Å²) < 4.78 is 16.8. The molecule has 2 saturated heterocycles. The molecule has 2 aliphatic heterocycles. The maximum absolute atomic E-state index is 10.7. The van der Waals surface area contributed by atoms with Gasteiger partial charge in [0.05, 0.1) is 6.61 Å². The van der Waals surface area contributed by atoms with E-state index < -0.39 is 42.7 Å². The third-order valence-electron chi connectivity index (χ3n) is 4.45. The largest absolute Gasteiger partial charge is 0.392 e. The zero-order valence-electron chi connectivity index (χ0n) is 14.3. The van der Waals surface area contributed by atoms with Crippen molar-refractivity contribution in [2.75, 3.05) is 13.2 Å². The molecular weight excluding hydrogens is 302 g/mol. The van der Waals surface area contributed by atoms with Crippen LogP contribution in [-0.2, 0) is 14.2 Å². The Morgan fingerprint density at radius 2 is 1.74 bits per heavy atom. The summed E-state index contributed by atoms with van der Waals surface area (Å²) in [5, 5.41) is 33.3. The first kappa shape index (κ1) is 19.1. The van der Waals surface area contributed by atoms with Crippen molar-refractivity contribution in [3.63, 3.8) is 0 Å². The van der Waals surface area contributed by atoms with E-state index in [4.69, 9.17) is 14.2 Å². The van der Waals surface area contributed by atoms with E-state index in [-0.39, 0.29) is 0 Å². The fourth-order valence-electron chi connectivity index (χ4n) is 3.24. The van der Waals surface area contributed by atoms with E-state index in [0.717, 1.165) is 19.3 Å². The van der Waals surface area contributed by atoms with Gasteiger partial charge in [0.1, 0.15) is 18.3 Å². The highest BCUT2D eigenvalue weighted by Gasteiger charge is 2.60. The van der Waals surface area contributed by atoms with Crippen molar-refractivity contribution in [1.29, 1.82) is 0 Å². The second kappa shape index (κ2) is 7.74. The summed E-state index contributed by atoms with van der Waals surface area (Å²) in [5.74, 6) is -0.852. The van der Waals surface area contributed by atoms with Gasteiger partial charge in [0.15, 0.2) is 17.8 Å². The topological polar surface area (TPSA) is 100 Å². The third kappa shape index (κ3) is 4.42. The molecule has 0 spiro atoms. The number of unbranched alkanes of at least 4 members (excludes halogenated alkanes) is 4. The average molecular weight is 333 g/mol. The first-order valence-corrected chi connectivity index (χ1v) is 8.60. The highest BCUT2D eigenvalue weighted by Crippen LogP contribution is 2.40. The molecule has 2 aliphatic rings. The number of ether oxygens (including phenoxy) is 3. The molecule has 0 bridgehead atoms. The van der Waals surface area contributed by atoms with Crippen molar-refractivity contribution in [2.24, 2.45) is 0 Å². The monoisotopic (exact) mass is 333 g/mol.